The molecule has 0 aromatic heterocycles. The first-order valence-electron chi connectivity index (χ1n) is 8.07. The second-order valence-corrected chi connectivity index (χ2v) is 16.5. The van der Waals surface area contributed by atoms with Gasteiger partial charge in [-0.3, -0.25) is 0 Å². The Bertz CT molecular complexity index is 561. The van der Waals surface area contributed by atoms with Crippen LogP contribution in [-0.2, 0) is 20.4 Å². The van der Waals surface area contributed by atoms with Gasteiger partial charge >= 0.3 is 5.97 Å². The summed E-state index contributed by atoms with van der Waals surface area (Å²) in [6.45, 7) is 12.5. The first kappa shape index (κ1) is 20.7. The van der Waals surface area contributed by atoms with E-state index in [9.17, 15) is 4.79 Å². The van der Waals surface area contributed by atoms with Crippen molar-refractivity contribution in [2.75, 3.05) is 14.2 Å². The minimum atomic E-state index is -1.87. The summed E-state index contributed by atoms with van der Waals surface area (Å²) < 4.78 is 22.3. The van der Waals surface area contributed by atoms with Gasteiger partial charge in [0.05, 0.1) is 14.2 Å². The molecule has 1 aromatic rings. The van der Waals surface area contributed by atoms with Crippen molar-refractivity contribution in [3.05, 3.63) is 23.8 Å². The molecule has 1 rings (SSSR count). The summed E-state index contributed by atoms with van der Waals surface area (Å²) in [6, 6.07) is 5.75. The lowest BCUT2D eigenvalue weighted by Crippen LogP contribution is -2.38. The van der Waals surface area contributed by atoms with Crippen LogP contribution in [0.2, 0.25) is 39.3 Å². The number of ether oxygens (including phenoxy) is 2. The molecule has 0 saturated carbocycles. The lowest BCUT2D eigenvalue weighted by Gasteiger charge is -2.25. The summed E-state index contributed by atoms with van der Waals surface area (Å²) in [5, 5.41) is 0. The summed E-state index contributed by atoms with van der Waals surface area (Å²) >= 11 is 0. The van der Waals surface area contributed by atoms with Gasteiger partial charge in [-0.05, 0) is 57.0 Å². The average molecular weight is 371 g/mol. The molecule has 1 atom stereocenters. The summed E-state index contributed by atoms with van der Waals surface area (Å²) in [5.74, 6) is 1.06. The van der Waals surface area contributed by atoms with Crippen molar-refractivity contribution in [1.29, 1.82) is 0 Å². The molecule has 0 amide bonds. The van der Waals surface area contributed by atoms with E-state index in [-0.39, 0.29) is 5.97 Å². The van der Waals surface area contributed by atoms with Gasteiger partial charge in [0, 0.05) is 6.42 Å². The van der Waals surface area contributed by atoms with Crippen molar-refractivity contribution < 1.29 is 23.1 Å². The fraction of sp³-hybridized carbons (Fsp3) is 0.588. The third kappa shape index (κ3) is 7.06. The Morgan fingerprint density at radius 1 is 1.00 bits per heavy atom. The van der Waals surface area contributed by atoms with Crippen molar-refractivity contribution >= 4 is 22.6 Å². The van der Waals surface area contributed by atoms with Gasteiger partial charge in [0.1, 0.15) is 11.9 Å². The highest BCUT2D eigenvalue weighted by Crippen LogP contribution is 2.31. The average Bonchev–Trinajstić information content (AvgIpc) is 2.44. The number of methoxy groups -OCH3 is 2. The van der Waals surface area contributed by atoms with E-state index in [4.69, 9.17) is 18.3 Å². The second-order valence-electron chi connectivity index (χ2n) is 7.65. The zero-order valence-electron chi connectivity index (χ0n) is 16.1. The predicted octanol–water partition coefficient (Wildman–Crippen LogP) is 3.84. The predicted molar refractivity (Wildman–Crippen MR) is 101 cm³/mol. The fourth-order valence-corrected chi connectivity index (χ4v) is 4.06. The van der Waals surface area contributed by atoms with Crippen LogP contribution in [0.25, 0.3) is 0 Å². The van der Waals surface area contributed by atoms with Gasteiger partial charge in [0.25, 0.3) is 0 Å². The Morgan fingerprint density at radius 3 is 2.08 bits per heavy atom. The van der Waals surface area contributed by atoms with Crippen molar-refractivity contribution in [3.8, 4) is 11.5 Å². The van der Waals surface area contributed by atoms with Crippen LogP contribution in [0.3, 0.4) is 0 Å². The molecule has 7 heteroatoms. The van der Waals surface area contributed by atoms with Crippen LogP contribution in [0.5, 0.6) is 11.5 Å². The number of hydrogen-bond acceptors (Lipinski definition) is 5. The summed E-state index contributed by atoms with van der Waals surface area (Å²) in [4.78, 5) is 12.0. The molecular formula is C17H30O5Si2. The van der Waals surface area contributed by atoms with Crippen LogP contribution in [0.15, 0.2) is 18.2 Å². The highest BCUT2D eigenvalue weighted by molar-refractivity contribution is 6.70. The number of esters is 1. The Labute approximate surface area is 147 Å². The van der Waals surface area contributed by atoms with E-state index in [1.54, 1.807) is 7.11 Å². The van der Waals surface area contributed by atoms with Crippen LogP contribution in [0.4, 0.5) is 0 Å². The molecule has 0 fully saturated rings. The number of hydrogen-bond donors (Lipinski definition) is 0. The van der Waals surface area contributed by atoms with Gasteiger partial charge in [-0.15, -0.1) is 0 Å². The topological polar surface area (TPSA) is 54.0 Å². The highest BCUT2D eigenvalue weighted by atomic mass is 28.4. The maximum Gasteiger partial charge on any atom is 0.334 e. The molecule has 0 N–H and O–H groups in total. The van der Waals surface area contributed by atoms with Gasteiger partial charge in [-0.2, -0.15) is 0 Å². The standard InChI is InChI=1S/C17H30O5Si2/c1-19-15-11-13(9-10-14(15)21-23(3,4)5)12-16(17(18)20-2)22-24(6,7)8/h9-11,16H,12H2,1-8H3. The lowest BCUT2D eigenvalue weighted by atomic mass is 10.1. The molecule has 0 spiro atoms. The van der Waals surface area contributed by atoms with Gasteiger partial charge in [-0.25, -0.2) is 4.79 Å². The first-order valence-corrected chi connectivity index (χ1v) is 14.9. The summed E-state index contributed by atoms with van der Waals surface area (Å²) in [6.07, 6.45) is -0.157. The van der Waals surface area contributed by atoms with E-state index < -0.39 is 22.7 Å². The quantitative estimate of drug-likeness (QED) is 0.514. The van der Waals surface area contributed by atoms with Gasteiger partial charge < -0.3 is 18.3 Å². The zero-order valence-corrected chi connectivity index (χ0v) is 18.1. The Hall–Kier alpha value is -1.32. The minimum Gasteiger partial charge on any atom is -0.542 e. The molecule has 0 aliphatic heterocycles. The molecule has 1 unspecified atom stereocenters. The molecule has 0 aliphatic rings. The minimum absolute atomic E-state index is 0.348. The van der Waals surface area contributed by atoms with Crippen LogP contribution >= 0.6 is 0 Å². The van der Waals surface area contributed by atoms with E-state index in [0.29, 0.717) is 12.2 Å². The summed E-state index contributed by atoms with van der Waals surface area (Å²) in [7, 11) is -0.592. The highest BCUT2D eigenvalue weighted by Gasteiger charge is 2.28. The molecule has 5 nitrogen and oxygen atoms in total. The molecular weight excluding hydrogens is 340 g/mol. The number of rotatable bonds is 8. The maximum absolute atomic E-state index is 12.0. The third-order valence-corrected chi connectivity index (χ3v) is 4.85. The largest absolute Gasteiger partial charge is 0.542 e. The smallest absolute Gasteiger partial charge is 0.334 e. The fourth-order valence-electron chi connectivity index (χ4n) is 2.20. The number of benzene rings is 1. The summed E-state index contributed by atoms with van der Waals surface area (Å²) in [5.41, 5.74) is 0.948. The van der Waals surface area contributed by atoms with E-state index >= 15 is 0 Å². The van der Waals surface area contributed by atoms with Crippen molar-refractivity contribution in [2.24, 2.45) is 0 Å². The molecule has 0 saturated heterocycles. The number of carbonyl (C=O) groups excluding carboxylic acids is 1. The van der Waals surface area contributed by atoms with Gasteiger partial charge in [0.2, 0.25) is 8.32 Å². The SMILES string of the molecule is COC(=O)C(Cc1ccc(O[Si](C)(C)C)c(OC)c1)O[Si](C)(C)C. The van der Waals surface area contributed by atoms with Crippen molar-refractivity contribution in [3.63, 3.8) is 0 Å². The molecule has 24 heavy (non-hydrogen) atoms. The Kier molecular flexibility index (Phi) is 7.06. The lowest BCUT2D eigenvalue weighted by molar-refractivity contribution is -0.149. The van der Waals surface area contributed by atoms with Crippen LogP contribution in [0, 0.1) is 0 Å². The molecule has 0 bridgehead atoms. The maximum atomic E-state index is 12.0. The molecule has 1 aromatic carbocycles. The van der Waals surface area contributed by atoms with Crippen molar-refractivity contribution in [2.45, 2.75) is 51.8 Å². The van der Waals surface area contributed by atoms with Crippen LogP contribution < -0.4 is 9.16 Å². The van der Waals surface area contributed by atoms with E-state index in [0.717, 1.165) is 11.3 Å². The molecule has 136 valence electrons. The van der Waals surface area contributed by atoms with Gasteiger partial charge in [-0.1, -0.05) is 6.07 Å². The van der Waals surface area contributed by atoms with E-state index in [2.05, 4.69) is 39.3 Å². The van der Waals surface area contributed by atoms with E-state index in [1.807, 2.05) is 18.2 Å². The van der Waals surface area contributed by atoms with E-state index in [1.165, 1.54) is 7.11 Å². The molecule has 0 aliphatic carbocycles. The normalized spacial score (nSPS) is 13.3. The number of carbonyl (C=O) groups is 1. The second kappa shape index (κ2) is 8.18. The third-order valence-electron chi connectivity index (χ3n) is 3.03. The van der Waals surface area contributed by atoms with Crippen molar-refractivity contribution in [1.82, 2.24) is 0 Å². The first-order chi connectivity index (χ1) is 10.9. The Morgan fingerprint density at radius 2 is 1.62 bits per heavy atom. The molecule has 0 radical (unpaired) electrons. The zero-order chi connectivity index (χ0) is 18.5. The molecule has 0 heterocycles. The Balaban J connectivity index is 3.01. The van der Waals surface area contributed by atoms with Crippen LogP contribution in [-0.4, -0.2) is 42.9 Å². The van der Waals surface area contributed by atoms with Crippen LogP contribution in [0.1, 0.15) is 5.56 Å². The van der Waals surface area contributed by atoms with Gasteiger partial charge in [0.15, 0.2) is 14.1 Å². The monoisotopic (exact) mass is 370 g/mol.